The van der Waals surface area contributed by atoms with E-state index < -0.39 is 12.0 Å². The summed E-state index contributed by atoms with van der Waals surface area (Å²) in [6.07, 6.45) is 6.67. The van der Waals surface area contributed by atoms with Crippen LogP contribution in [-0.4, -0.2) is 41.1 Å². The van der Waals surface area contributed by atoms with Gasteiger partial charge in [0.2, 0.25) is 0 Å². The molecular formula is C14H22N2O3. The molecule has 0 heterocycles. The van der Waals surface area contributed by atoms with E-state index in [-0.39, 0.29) is 11.9 Å². The number of rotatable bonds is 7. The summed E-state index contributed by atoms with van der Waals surface area (Å²) in [5.74, 6) is 0.543. The molecule has 19 heavy (non-hydrogen) atoms. The average molecular weight is 266 g/mol. The molecule has 0 aliphatic heterocycles. The van der Waals surface area contributed by atoms with Crippen molar-refractivity contribution >= 4 is 12.0 Å². The molecule has 1 atom stereocenters. The van der Waals surface area contributed by atoms with Crippen LogP contribution in [0.4, 0.5) is 4.79 Å². The normalized spacial score (nSPS) is 23.8. The lowest BCUT2D eigenvalue weighted by atomic mass is 10.2. The molecule has 0 radical (unpaired) electrons. The van der Waals surface area contributed by atoms with E-state index in [1.165, 1.54) is 25.7 Å². The van der Waals surface area contributed by atoms with Gasteiger partial charge in [0.1, 0.15) is 6.04 Å². The number of aliphatic carboxylic acids is 1. The monoisotopic (exact) mass is 266 g/mol. The lowest BCUT2D eigenvalue weighted by Gasteiger charge is -2.25. The molecule has 5 heteroatoms. The van der Waals surface area contributed by atoms with Crippen LogP contribution in [0.15, 0.2) is 0 Å². The van der Waals surface area contributed by atoms with E-state index in [9.17, 15) is 9.59 Å². The van der Waals surface area contributed by atoms with Crippen LogP contribution in [0.2, 0.25) is 0 Å². The number of nitrogens with zero attached hydrogens (tertiary/aromatic N) is 1. The maximum Gasteiger partial charge on any atom is 0.326 e. The van der Waals surface area contributed by atoms with Gasteiger partial charge in [0, 0.05) is 13.1 Å². The van der Waals surface area contributed by atoms with Crippen LogP contribution in [0.25, 0.3) is 0 Å². The van der Waals surface area contributed by atoms with Gasteiger partial charge in [-0.1, -0.05) is 0 Å². The van der Waals surface area contributed by atoms with Crippen molar-refractivity contribution in [3.05, 3.63) is 0 Å². The van der Waals surface area contributed by atoms with Crippen molar-refractivity contribution in [1.82, 2.24) is 10.2 Å². The van der Waals surface area contributed by atoms with Crippen molar-refractivity contribution in [3.8, 4) is 0 Å². The van der Waals surface area contributed by atoms with Crippen molar-refractivity contribution in [2.75, 3.05) is 13.1 Å². The summed E-state index contributed by atoms with van der Waals surface area (Å²) in [4.78, 5) is 25.3. The van der Waals surface area contributed by atoms with E-state index in [0.29, 0.717) is 11.8 Å². The molecule has 0 bridgehead atoms. The van der Waals surface area contributed by atoms with Gasteiger partial charge in [0.25, 0.3) is 0 Å². The van der Waals surface area contributed by atoms with Crippen molar-refractivity contribution in [2.45, 2.75) is 44.6 Å². The van der Waals surface area contributed by atoms with E-state index >= 15 is 0 Å². The number of carboxylic acids is 1. The number of carbonyl (C=O) groups excluding carboxylic acids is 1. The highest BCUT2D eigenvalue weighted by atomic mass is 16.4. The minimum atomic E-state index is -0.895. The Morgan fingerprint density at radius 3 is 1.95 bits per heavy atom. The number of hydrogen-bond acceptors (Lipinski definition) is 2. The summed E-state index contributed by atoms with van der Waals surface area (Å²) in [5, 5.41) is 11.9. The Bertz CT molecular complexity index is 359. The summed E-state index contributed by atoms with van der Waals surface area (Å²) in [6.45, 7) is 1.61. The van der Waals surface area contributed by atoms with Crippen LogP contribution in [0, 0.1) is 17.8 Å². The van der Waals surface area contributed by atoms with Crippen LogP contribution >= 0.6 is 0 Å². The molecule has 3 fully saturated rings. The summed E-state index contributed by atoms with van der Waals surface area (Å²) < 4.78 is 0. The predicted octanol–water partition coefficient (Wildman–Crippen LogP) is 1.68. The van der Waals surface area contributed by atoms with Crippen molar-refractivity contribution < 1.29 is 14.7 Å². The van der Waals surface area contributed by atoms with Gasteiger partial charge in [-0.3, -0.25) is 0 Å². The Hall–Kier alpha value is -1.26. The van der Waals surface area contributed by atoms with Crippen LogP contribution in [0.5, 0.6) is 0 Å². The summed E-state index contributed by atoms with van der Waals surface area (Å²) in [6, 6.07) is -0.855. The lowest BCUT2D eigenvalue weighted by molar-refractivity contribution is -0.139. The molecule has 0 aromatic rings. The fourth-order valence-corrected chi connectivity index (χ4v) is 2.50. The highest BCUT2D eigenvalue weighted by Crippen LogP contribution is 2.35. The summed E-state index contributed by atoms with van der Waals surface area (Å²) in [5.41, 5.74) is 0. The highest BCUT2D eigenvalue weighted by molar-refractivity contribution is 5.83. The standard InChI is InChI=1S/C14H22N2O3/c17-13(18)12(11-5-6-11)15-14(19)16(7-9-1-2-9)8-10-3-4-10/h9-12H,1-8H2,(H,15,19)(H,17,18). The molecule has 3 saturated carbocycles. The van der Waals surface area contributed by atoms with Gasteiger partial charge in [-0.15, -0.1) is 0 Å². The molecule has 5 nitrogen and oxygen atoms in total. The molecular weight excluding hydrogens is 244 g/mol. The number of urea groups is 1. The molecule has 0 spiro atoms. The summed E-state index contributed by atoms with van der Waals surface area (Å²) in [7, 11) is 0. The predicted molar refractivity (Wildman–Crippen MR) is 69.7 cm³/mol. The molecule has 0 saturated heterocycles. The maximum absolute atomic E-state index is 12.3. The molecule has 3 rings (SSSR count). The smallest absolute Gasteiger partial charge is 0.326 e. The Morgan fingerprint density at radius 2 is 1.58 bits per heavy atom. The number of amides is 2. The topological polar surface area (TPSA) is 69.6 Å². The Kier molecular flexibility index (Phi) is 3.37. The molecule has 0 aromatic heterocycles. The van der Waals surface area contributed by atoms with E-state index in [4.69, 9.17) is 5.11 Å². The number of nitrogens with one attached hydrogen (secondary N) is 1. The molecule has 0 aromatic carbocycles. The summed E-state index contributed by atoms with van der Waals surface area (Å²) >= 11 is 0. The van der Waals surface area contributed by atoms with Gasteiger partial charge < -0.3 is 15.3 Å². The Labute approximate surface area is 113 Å². The van der Waals surface area contributed by atoms with Gasteiger partial charge in [0.15, 0.2) is 0 Å². The minimum absolute atomic E-state index is 0.144. The quantitative estimate of drug-likeness (QED) is 0.736. The minimum Gasteiger partial charge on any atom is -0.480 e. The van der Waals surface area contributed by atoms with Crippen LogP contribution < -0.4 is 5.32 Å². The largest absolute Gasteiger partial charge is 0.480 e. The fourth-order valence-electron chi connectivity index (χ4n) is 2.50. The zero-order valence-electron chi connectivity index (χ0n) is 11.2. The third kappa shape index (κ3) is 3.61. The number of carbonyl (C=O) groups is 2. The van der Waals surface area contributed by atoms with Crippen molar-refractivity contribution in [3.63, 3.8) is 0 Å². The molecule has 3 aliphatic carbocycles. The van der Waals surface area contributed by atoms with E-state index in [0.717, 1.165) is 25.9 Å². The molecule has 3 aliphatic rings. The second kappa shape index (κ2) is 5.02. The Morgan fingerprint density at radius 1 is 1.05 bits per heavy atom. The average Bonchev–Trinajstić information content (AvgIpc) is 3.22. The zero-order valence-corrected chi connectivity index (χ0v) is 11.2. The fraction of sp³-hybridized carbons (Fsp3) is 0.857. The first kappa shape index (κ1) is 12.8. The van der Waals surface area contributed by atoms with Gasteiger partial charge >= 0.3 is 12.0 Å². The SMILES string of the molecule is O=C(O)C(NC(=O)N(CC1CC1)CC1CC1)C1CC1. The third-order valence-corrected chi connectivity index (χ3v) is 4.28. The van der Waals surface area contributed by atoms with Crippen molar-refractivity contribution in [2.24, 2.45) is 17.8 Å². The van der Waals surface area contributed by atoms with Crippen LogP contribution in [0.3, 0.4) is 0 Å². The Balaban J connectivity index is 1.55. The first-order valence-electron chi connectivity index (χ1n) is 7.41. The first-order valence-corrected chi connectivity index (χ1v) is 7.41. The lowest BCUT2D eigenvalue weighted by Crippen LogP contribution is -2.50. The first-order chi connectivity index (χ1) is 9.13. The van der Waals surface area contributed by atoms with E-state index in [2.05, 4.69) is 5.32 Å². The van der Waals surface area contributed by atoms with Gasteiger partial charge in [-0.2, -0.15) is 0 Å². The molecule has 2 amide bonds. The van der Waals surface area contributed by atoms with Gasteiger partial charge in [-0.25, -0.2) is 9.59 Å². The number of carboxylic acid groups (broad SMARTS) is 1. The van der Waals surface area contributed by atoms with E-state index in [1.54, 1.807) is 0 Å². The zero-order chi connectivity index (χ0) is 13.4. The molecule has 1 unspecified atom stereocenters. The maximum atomic E-state index is 12.3. The van der Waals surface area contributed by atoms with Crippen LogP contribution in [0.1, 0.15) is 38.5 Å². The van der Waals surface area contributed by atoms with Gasteiger partial charge in [0.05, 0.1) is 0 Å². The molecule has 2 N–H and O–H groups in total. The second-order valence-corrected chi connectivity index (χ2v) is 6.39. The third-order valence-electron chi connectivity index (χ3n) is 4.28. The van der Waals surface area contributed by atoms with E-state index in [1.807, 2.05) is 4.90 Å². The van der Waals surface area contributed by atoms with Gasteiger partial charge in [-0.05, 0) is 56.3 Å². The number of hydrogen-bond donors (Lipinski definition) is 2. The molecule has 106 valence electrons. The van der Waals surface area contributed by atoms with Crippen molar-refractivity contribution in [1.29, 1.82) is 0 Å². The van der Waals surface area contributed by atoms with Crippen LogP contribution in [-0.2, 0) is 4.79 Å². The second-order valence-electron chi connectivity index (χ2n) is 6.39. The highest BCUT2D eigenvalue weighted by Gasteiger charge is 2.39.